The Hall–Kier alpha value is -1.35. The first-order valence-corrected chi connectivity index (χ1v) is 8.01. The van der Waals surface area contributed by atoms with E-state index in [4.69, 9.17) is 5.53 Å². The molecule has 0 bridgehead atoms. The van der Waals surface area contributed by atoms with Crippen molar-refractivity contribution in [2.45, 2.75) is 40.0 Å². The summed E-state index contributed by atoms with van der Waals surface area (Å²) < 4.78 is 0. The molecule has 2 fully saturated rings. The lowest BCUT2D eigenvalue weighted by Crippen LogP contribution is -2.23. The van der Waals surface area contributed by atoms with Crippen molar-refractivity contribution >= 4 is 12.1 Å². The number of aldehydes is 1. The van der Waals surface area contributed by atoms with Crippen LogP contribution in [0.25, 0.3) is 10.4 Å². The first kappa shape index (κ1) is 16.0. The highest BCUT2D eigenvalue weighted by Gasteiger charge is 2.55. The highest BCUT2D eigenvalue weighted by Crippen LogP contribution is 2.53. The van der Waals surface area contributed by atoms with Crippen molar-refractivity contribution in [3.05, 3.63) is 10.4 Å². The zero-order valence-corrected chi connectivity index (χ0v) is 13.1. The molecule has 0 radical (unpaired) electrons. The van der Waals surface area contributed by atoms with E-state index in [0.717, 1.165) is 25.5 Å². The fourth-order valence-electron chi connectivity index (χ4n) is 4.46. The second kappa shape index (κ2) is 6.61. The Labute approximate surface area is 126 Å². The maximum atomic E-state index is 12.7. The van der Waals surface area contributed by atoms with Gasteiger partial charge in [-0.05, 0) is 48.5 Å². The SMILES string of the molecule is C[C@@H](CC[C@H]1C(=O)[C@H]2[C@H](C)[C@@H](C=O)C[C@H]2[C@@H]1C)CN=[N+]=[N-]. The minimum atomic E-state index is 0.0660. The third-order valence-corrected chi connectivity index (χ3v) is 5.85. The highest BCUT2D eigenvalue weighted by molar-refractivity contribution is 5.87. The van der Waals surface area contributed by atoms with Gasteiger partial charge in [0.25, 0.3) is 0 Å². The molecular formula is C16H25N3O2. The first-order chi connectivity index (χ1) is 10.0. The van der Waals surface area contributed by atoms with E-state index in [9.17, 15) is 9.59 Å². The smallest absolute Gasteiger partial charge is 0.139 e. The number of Topliss-reactive ketones (excluding diaryl/α,β-unsaturated/α-hetero) is 1. The van der Waals surface area contributed by atoms with E-state index in [-0.39, 0.29) is 23.7 Å². The fraction of sp³-hybridized carbons (Fsp3) is 0.875. The molecule has 0 heterocycles. The van der Waals surface area contributed by atoms with Crippen molar-refractivity contribution in [2.24, 2.45) is 46.5 Å². The third kappa shape index (κ3) is 2.98. The monoisotopic (exact) mass is 291 g/mol. The fourth-order valence-corrected chi connectivity index (χ4v) is 4.46. The van der Waals surface area contributed by atoms with E-state index in [2.05, 4.69) is 30.8 Å². The van der Waals surface area contributed by atoms with Crippen LogP contribution < -0.4 is 0 Å². The second-order valence-corrected chi connectivity index (χ2v) is 7.05. The summed E-state index contributed by atoms with van der Waals surface area (Å²) in [5, 5.41) is 3.60. The number of hydrogen-bond donors (Lipinski definition) is 0. The van der Waals surface area contributed by atoms with Crippen molar-refractivity contribution in [1.82, 2.24) is 0 Å². The molecule has 116 valence electrons. The Balaban J connectivity index is 1.97. The minimum Gasteiger partial charge on any atom is -0.303 e. The van der Waals surface area contributed by atoms with Gasteiger partial charge in [-0.25, -0.2) is 0 Å². The van der Waals surface area contributed by atoms with Crippen molar-refractivity contribution in [2.75, 3.05) is 6.54 Å². The van der Waals surface area contributed by atoms with Gasteiger partial charge in [0.05, 0.1) is 0 Å². The Bertz CT molecular complexity index is 458. The van der Waals surface area contributed by atoms with Crippen molar-refractivity contribution < 1.29 is 9.59 Å². The van der Waals surface area contributed by atoms with Gasteiger partial charge in [-0.15, -0.1) is 0 Å². The van der Waals surface area contributed by atoms with Crippen LogP contribution in [0.1, 0.15) is 40.0 Å². The molecule has 2 aliphatic carbocycles. The number of fused-ring (bicyclic) bond motifs is 1. The van der Waals surface area contributed by atoms with Crippen LogP contribution in [0.5, 0.6) is 0 Å². The molecule has 0 aromatic rings. The number of hydrogen-bond acceptors (Lipinski definition) is 3. The molecule has 0 aromatic heterocycles. The molecule has 21 heavy (non-hydrogen) atoms. The Morgan fingerprint density at radius 2 is 2.14 bits per heavy atom. The van der Waals surface area contributed by atoms with E-state index in [1.165, 1.54) is 0 Å². The molecule has 2 rings (SSSR count). The zero-order chi connectivity index (χ0) is 15.6. The molecule has 0 aliphatic heterocycles. The van der Waals surface area contributed by atoms with Crippen LogP contribution in [-0.2, 0) is 9.59 Å². The van der Waals surface area contributed by atoms with E-state index < -0.39 is 0 Å². The maximum Gasteiger partial charge on any atom is 0.139 e. The molecule has 0 aromatic carbocycles. The third-order valence-electron chi connectivity index (χ3n) is 5.85. The predicted octanol–water partition coefficient (Wildman–Crippen LogP) is 3.64. The summed E-state index contributed by atoms with van der Waals surface area (Å²) in [6.07, 6.45) is 3.73. The molecule has 2 saturated carbocycles. The van der Waals surface area contributed by atoms with Gasteiger partial charge >= 0.3 is 0 Å². The van der Waals surface area contributed by atoms with Crippen LogP contribution in [-0.4, -0.2) is 18.6 Å². The van der Waals surface area contributed by atoms with Gasteiger partial charge < -0.3 is 4.79 Å². The van der Waals surface area contributed by atoms with Gasteiger partial charge in [0.2, 0.25) is 0 Å². The van der Waals surface area contributed by atoms with E-state index in [1.807, 2.05) is 0 Å². The molecule has 0 amide bonds. The lowest BCUT2D eigenvalue weighted by Gasteiger charge is -2.20. The van der Waals surface area contributed by atoms with Crippen LogP contribution >= 0.6 is 0 Å². The molecule has 0 saturated heterocycles. The molecular weight excluding hydrogens is 266 g/mol. The normalized spacial score (nSPS) is 39.7. The quantitative estimate of drug-likeness (QED) is 0.324. The molecule has 0 spiro atoms. The zero-order valence-electron chi connectivity index (χ0n) is 13.1. The number of ketones is 1. The van der Waals surface area contributed by atoms with Crippen molar-refractivity contribution in [3.63, 3.8) is 0 Å². The van der Waals surface area contributed by atoms with Crippen LogP contribution in [0.4, 0.5) is 0 Å². The predicted molar refractivity (Wildman–Crippen MR) is 80.4 cm³/mol. The van der Waals surface area contributed by atoms with Crippen molar-refractivity contribution in [3.8, 4) is 0 Å². The van der Waals surface area contributed by atoms with Crippen LogP contribution in [0.3, 0.4) is 0 Å². The number of nitrogens with zero attached hydrogens (tertiary/aromatic N) is 3. The lowest BCUT2D eigenvalue weighted by molar-refractivity contribution is -0.126. The maximum absolute atomic E-state index is 12.7. The lowest BCUT2D eigenvalue weighted by atomic mass is 9.83. The van der Waals surface area contributed by atoms with E-state index in [1.54, 1.807) is 0 Å². The summed E-state index contributed by atoms with van der Waals surface area (Å²) in [6, 6.07) is 0. The number of carbonyl (C=O) groups excluding carboxylic acids is 2. The van der Waals surface area contributed by atoms with Gasteiger partial charge in [0.1, 0.15) is 12.1 Å². The summed E-state index contributed by atoms with van der Waals surface area (Å²) in [4.78, 5) is 26.6. The van der Waals surface area contributed by atoms with Crippen LogP contribution in [0.2, 0.25) is 0 Å². The van der Waals surface area contributed by atoms with E-state index in [0.29, 0.717) is 30.1 Å². The van der Waals surface area contributed by atoms with Crippen molar-refractivity contribution in [1.29, 1.82) is 0 Å². The number of carbonyl (C=O) groups is 2. The van der Waals surface area contributed by atoms with Crippen LogP contribution in [0.15, 0.2) is 5.11 Å². The Kier molecular flexibility index (Phi) is 5.04. The molecule has 0 N–H and O–H groups in total. The second-order valence-electron chi connectivity index (χ2n) is 7.05. The average Bonchev–Trinajstić information content (AvgIpc) is 2.92. The summed E-state index contributed by atoms with van der Waals surface area (Å²) in [5.41, 5.74) is 8.34. The van der Waals surface area contributed by atoms with Gasteiger partial charge in [-0.3, -0.25) is 4.79 Å². The number of azide groups is 1. The summed E-state index contributed by atoms with van der Waals surface area (Å²) >= 11 is 0. The average molecular weight is 291 g/mol. The van der Waals surface area contributed by atoms with Gasteiger partial charge in [-0.2, -0.15) is 0 Å². The summed E-state index contributed by atoms with van der Waals surface area (Å²) in [6.45, 7) is 6.79. The van der Waals surface area contributed by atoms with Gasteiger partial charge in [0, 0.05) is 29.2 Å². The highest BCUT2D eigenvalue weighted by atomic mass is 16.1. The molecule has 7 atom stereocenters. The van der Waals surface area contributed by atoms with Gasteiger partial charge in [0.15, 0.2) is 0 Å². The molecule has 2 aliphatic rings. The molecule has 5 nitrogen and oxygen atoms in total. The molecule has 5 heteroatoms. The topological polar surface area (TPSA) is 82.9 Å². The minimum absolute atomic E-state index is 0.0660. The number of rotatable bonds is 6. The van der Waals surface area contributed by atoms with E-state index >= 15 is 0 Å². The Morgan fingerprint density at radius 3 is 2.71 bits per heavy atom. The Morgan fingerprint density at radius 1 is 1.43 bits per heavy atom. The summed E-state index contributed by atoms with van der Waals surface area (Å²) in [5.74, 6) is 1.95. The first-order valence-electron chi connectivity index (χ1n) is 8.01. The standard InChI is InChI=1S/C16H25N3O2/c1-9(7-18-19-17)4-5-13-11(3)14-6-12(8-20)10(2)15(14)16(13)21/h8-15H,4-7H2,1-3H3/t9-,10+,11+,12+,13+,14-,15-/m0/s1. The van der Waals surface area contributed by atoms with Gasteiger partial charge in [-0.1, -0.05) is 25.9 Å². The molecule has 0 unspecified atom stereocenters. The summed E-state index contributed by atoms with van der Waals surface area (Å²) in [7, 11) is 0. The van der Waals surface area contributed by atoms with Crippen LogP contribution in [0, 0.1) is 41.4 Å². The largest absolute Gasteiger partial charge is 0.303 e.